The highest BCUT2D eigenvalue weighted by molar-refractivity contribution is 5.95. The Balaban J connectivity index is 1.54. The van der Waals surface area contributed by atoms with E-state index >= 15 is 0 Å². The summed E-state index contributed by atoms with van der Waals surface area (Å²) in [7, 11) is 1.88. The minimum absolute atomic E-state index is 0.249. The number of carboxylic acid groups (broad SMARTS) is 1. The smallest absolute Gasteiger partial charge is 0.336 e. The number of carbonyl (C=O) groups is 1. The quantitative estimate of drug-likeness (QED) is 0.658. The number of hydrogen-bond donors (Lipinski definition) is 2. The number of carboxylic acids is 1. The Morgan fingerprint density at radius 1 is 1.14 bits per heavy atom. The number of benzene rings is 2. The minimum atomic E-state index is -0.908. The Labute approximate surface area is 170 Å². The molecule has 29 heavy (non-hydrogen) atoms. The van der Waals surface area contributed by atoms with Crippen molar-refractivity contribution in [1.29, 1.82) is 0 Å². The first kappa shape index (κ1) is 19.1. The van der Waals surface area contributed by atoms with Crippen molar-refractivity contribution in [2.75, 3.05) is 18.9 Å². The third-order valence-electron chi connectivity index (χ3n) is 5.45. The molecule has 4 rings (SSSR count). The van der Waals surface area contributed by atoms with Gasteiger partial charge in [-0.05, 0) is 42.1 Å². The normalized spacial score (nSPS) is 16.7. The summed E-state index contributed by atoms with van der Waals surface area (Å²) >= 11 is 0. The maximum atomic E-state index is 11.5. The van der Waals surface area contributed by atoms with Crippen LogP contribution in [0.3, 0.4) is 0 Å². The number of likely N-dealkylation sites (tertiary alicyclic amines) is 1. The van der Waals surface area contributed by atoms with Crippen LogP contribution in [0.5, 0.6) is 0 Å². The zero-order valence-electron chi connectivity index (χ0n) is 16.4. The highest BCUT2D eigenvalue weighted by atomic mass is 16.4. The van der Waals surface area contributed by atoms with E-state index in [1.807, 2.05) is 31.3 Å². The van der Waals surface area contributed by atoms with Crippen LogP contribution in [-0.4, -0.2) is 39.5 Å². The molecule has 1 aliphatic heterocycles. The maximum Gasteiger partial charge on any atom is 0.336 e. The lowest BCUT2D eigenvalue weighted by molar-refractivity contribution is 0.0697. The van der Waals surface area contributed by atoms with Gasteiger partial charge in [-0.15, -0.1) is 0 Å². The molecule has 0 spiro atoms. The highest BCUT2D eigenvalue weighted by Gasteiger charge is 2.29. The third-order valence-corrected chi connectivity index (χ3v) is 5.45. The molecule has 0 radical (unpaired) electrons. The molecule has 3 aromatic rings. The number of rotatable bonds is 6. The van der Waals surface area contributed by atoms with Gasteiger partial charge in [0.1, 0.15) is 5.82 Å². The molecule has 1 fully saturated rings. The summed E-state index contributed by atoms with van der Waals surface area (Å²) in [5, 5.41) is 12.6. The Morgan fingerprint density at radius 2 is 1.90 bits per heavy atom. The molecule has 1 aromatic heterocycles. The Bertz CT molecular complexity index is 1000. The Morgan fingerprint density at radius 3 is 2.66 bits per heavy atom. The lowest BCUT2D eigenvalue weighted by Gasteiger charge is -2.25. The number of anilines is 1. The van der Waals surface area contributed by atoms with Crippen molar-refractivity contribution >= 4 is 11.8 Å². The van der Waals surface area contributed by atoms with E-state index in [0.29, 0.717) is 5.56 Å². The minimum Gasteiger partial charge on any atom is -0.478 e. The van der Waals surface area contributed by atoms with Crippen LogP contribution in [0.15, 0.2) is 60.9 Å². The van der Waals surface area contributed by atoms with Gasteiger partial charge in [0.2, 0.25) is 0 Å². The largest absolute Gasteiger partial charge is 0.478 e. The summed E-state index contributed by atoms with van der Waals surface area (Å²) in [4.78, 5) is 22.9. The summed E-state index contributed by atoms with van der Waals surface area (Å²) in [6.45, 7) is 1.85. The van der Waals surface area contributed by atoms with E-state index < -0.39 is 5.97 Å². The van der Waals surface area contributed by atoms with Gasteiger partial charge in [0.25, 0.3) is 0 Å². The van der Waals surface area contributed by atoms with Crippen molar-refractivity contribution in [3.05, 3.63) is 77.7 Å². The molecule has 0 amide bonds. The summed E-state index contributed by atoms with van der Waals surface area (Å²) < 4.78 is 0. The lowest BCUT2D eigenvalue weighted by Crippen LogP contribution is -2.24. The van der Waals surface area contributed by atoms with Crippen LogP contribution in [0.4, 0.5) is 5.82 Å². The second kappa shape index (κ2) is 8.41. The summed E-state index contributed by atoms with van der Waals surface area (Å²) in [6.07, 6.45) is 5.66. The fourth-order valence-corrected chi connectivity index (χ4v) is 4.06. The van der Waals surface area contributed by atoms with E-state index in [1.165, 1.54) is 5.56 Å². The number of aromatic nitrogens is 2. The summed E-state index contributed by atoms with van der Waals surface area (Å²) in [5.41, 5.74) is 4.17. The van der Waals surface area contributed by atoms with Crippen LogP contribution in [0.2, 0.25) is 0 Å². The van der Waals surface area contributed by atoms with E-state index in [0.717, 1.165) is 48.6 Å². The molecule has 0 saturated carbocycles. The predicted octanol–water partition coefficient (Wildman–Crippen LogP) is 4.22. The van der Waals surface area contributed by atoms with Gasteiger partial charge in [-0.3, -0.25) is 9.88 Å². The van der Waals surface area contributed by atoms with E-state index in [2.05, 4.69) is 32.3 Å². The summed E-state index contributed by atoms with van der Waals surface area (Å²) in [5.74, 6) is -0.0704. The average molecular weight is 388 g/mol. The van der Waals surface area contributed by atoms with E-state index in [9.17, 15) is 9.90 Å². The van der Waals surface area contributed by atoms with Crippen LogP contribution in [-0.2, 0) is 6.54 Å². The van der Waals surface area contributed by atoms with Crippen molar-refractivity contribution in [2.45, 2.75) is 25.4 Å². The van der Waals surface area contributed by atoms with Gasteiger partial charge in [0.05, 0.1) is 17.3 Å². The van der Waals surface area contributed by atoms with E-state index in [1.54, 1.807) is 24.5 Å². The van der Waals surface area contributed by atoms with Crippen molar-refractivity contribution in [2.24, 2.45) is 0 Å². The second-order valence-corrected chi connectivity index (χ2v) is 7.22. The molecule has 1 atom stereocenters. The molecule has 6 nitrogen and oxygen atoms in total. The van der Waals surface area contributed by atoms with Crippen LogP contribution < -0.4 is 5.32 Å². The van der Waals surface area contributed by atoms with Gasteiger partial charge < -0.3 is 10.4 Å². The molecule has 0 bridgehead atoms. The number of nitrogens with one attached hydrogen (secondary N) is 1. The zero-order chi connectivity index (χ0) is 20.2. The van der Waals surface area contributed by atoms with Crippen molar-refractivity contribution < 1.29 is 9.90 Å². The highest BCUT2D eigenvalue weighted by Crippen LogP contribution is 2.35. The molecule has 0 aliphatic carbocycles. The monoisotopic (exact) mass is 388 g/mol. The lowest BCUT2D eigenvalue weighted by atomic mass is 9.98. The van der Waals surface area contributed by atoms with E-state index in [4.69, 9.17) is 0 Å². The maximum absolute atomic E-state index is 11.5. The van der Waals surface area contributed by atoms with Crippen molar-refractivity contribution in [1.82, 2.24) is 14.9 Å². The topological polar surface area (TPSA) is 78.4 Å². The molecule has 2 heterocycles. The first-order valence-corrected chi connectivity index (χ1v) is 9.81. The third kappa shape index (κ3) is 3.98. The molecule has 2 aromatic carbocycles. The van der Waals surface area contributed by atoms with Gasteiger partial charge in [-0.2, -0.15) is 0 Å². The Hall–Kier alpha value is -3.25. The molecule has 1 saturated heterocycles. The summed E-state index contributed by atoms with van der Waals surface area (Å²) in [6, 6.07) is 15.5. The predicted molar refractivity (Wildman–Crippen MR) is 113 cm³/mol. The van der Waals surface area contributed by atoms with Crippen LogP contribution in [0.25, 0.3) is 11.1 Å². The zero-order valence-corrected chi connectivity index (χ0v) is 16.4. The van der Waals surface area contributed by atoms with Gasteiger partial charge in [0.15, 0.2) is 0 Å². The first-order valence-electron chi connectivity index (χ1n) is 9.81. The van der Waals surface area contributed by atoms with E-state index in [-0.39, 0.29) is 6.04 Å². The molecule has 148 valence electrons. The molecule has 6 heteroatoms. The van der Waals surface area contributed by atoms with Gasteiger partial charge in [0, 0.05) is 26.0 Å². The van der Waals surface area contributed by atoms with Gasteiger partial charge >= 0.3 is 5.97 Å². The SMILES string of the molecule is CNc1nccnc1[C@H]1CCCN1Cc1ccc(-c2ccccc2C(=O)O)cc1. The fraction of sp³-hybridized carbons (Fsp3) is 0.261. The molecule has 2 N–H and O–H groups in total. The standard InChI is InChI=1S/C23H24N4O2/c1-24-22-21(25-12-13-26-22)20-7-4-14-27(20)15-16-8-10-17(11-9-16)18-5-2-3-6-19(18)23(28)29/h2-3,5-6,8-13,20H,4,7,14-15H2,1H3,(H,24,26)(H,28,29)/t20-/m1/s1. The number of aromatic carboxylic acids is 1. The van der Waals surface area contributed by atoms with Crippen molar-refractivity contribution in [3.8, 4) is 11.1 Å². The van der Waals surface area contributed by atoms with Gasteiger partial charge in [-0.1, -0.05) is 42.5 Å². The molecular formula is C23H24N4O2. The average Bonchev–Trinajstić information content (AvgIpc) is 3.22. The molecular weight excluding hydrogens is 364 g/mol. The van der Waals surface area contributed by atoms with Crippen molar-refractivity contribution in [3.63, 3.8) is 0 Å². The first-order chi connectivity index (χ1) is 14.2. The fourth-order valence-electron chi connectivity index (χ4n) is 4.06. The number of hydrogen-bond acceptors (Lipinski definition) is 5. The molecule has 1 aliphatic rings. The second-order valence-electron chi connectivity index (χ2n) is 7.22. The molecule has 0 unspecified atom stereocenters. The Kier molecular flexibility index (Phi) is 5.53. The number of nitrogens with zero attached hydrogens (tertiary/aromatic N) is 3. The van der Waals surface area contributed by atoms with Gasteiger partial charge in [-0.25, -0.2) is 9.78 Å². The van der Waals surface area contributed by atoms with Crippen LogP contribution in [0, 0.1) is 0 Å². The van der Waals surface area contributed by atoms with Crippen LogP contribution >= 0.6 is 0 Å². The van der Waals surface area contributed by atoms with Crippen LogP contribution in [0.1, 0.15) is 40.5 Å².